The van der Waals surface area contributed by atoms with Crippen LogP contribution in [0.25, 0.3) is 0 Å². The first-order chi connectivity index (χ1) is 9.13. The molecule has 1 aliphatic carbocycles. The number of carbonyl (C=O) groups is 1. The van der Waals surface area contributed by atoms with Crippen LogP contribution in [0.5, 0.6) is 0 Å². The molecule has 0 radical (unpaired) electrons. The Balaban J connectivity index is 1.91. The zero-order valence-corrected chi connectivity index (χ0v) is 10.9. The number of nitrogens with one attached hydrogen (secondary N) is 1. The fourth-order valence-electron chi connectivity index (χ4n) is 2.43. The zero-order valence-electron chi connectivity index (χ0n) is 10.9. The van der Waals surface area contributed by atoms with Gasteiger partial charge in [0.25, 0.3) is 5.91 Å². The highest BCUT2D eigenvalue weighted by Crippen LogP contribution is 2.27. The van der Waals surface area contributed by atoms with E-state index in [0.29, 0.717) is 17.7 Å². The number of hydrogen-bond acceptors (Lipinski definition) is 3. The summed E-state index contributed by atoms with van der Waals surface area (Å²) in [6.45, 7) is 0.297. The summed E-state index contributed by atoms with van der Waals surface area (Å²) in [7, 11) is 0. The summed E-state index contributed by atoms with van der Waals surface area (Å²) in [4.78, 5) is 11.9. The molecule has 2 N–H and O–H groups in total. The lowest BCUT2D eigenvalue weighted by Crippen LogP contribution is -2.44. The number of nitriles is 1. The highest BCUT2D eigenvalue weighted by Gasteiger charge is 2.29. The van der Waals surface area contributed by atoms with Gasteiger partial charge in [0.2, 0.25) is 0 Å². The summed E-state index contributed by atoms with van der Waals surface area (Å²) < 4.78 is 0. The van der Waals surface area contributed by atoms with Gasteiger partial charge >= 0.3 is 0 Å². The fourth-order valence-corrected chi connectivity index (χ4v) is 2.43. The molecule has 4 heteroatoms. The van der Waals surface area contributed by atoms with Crippen molar-refractivity contribution in [2.45, 2.75) is 37.7 Å². The third-order valence-corrected chi connectivity index (χ3v) is 3.64. The van der Waals surface area contributed by atoms with E-state index in [0.717, 1.165) is 32.1 Å². The second-order valence-corrected chi connectivity index (χ2v) is 5.16. The molecule has 0 saturated heterocycles. The van der Waals surface area contributed by atoms with Crippen molar-refractivity contribution in [3.8, 4) is 6.07 Å². The number of aliphatic hydroxyl groups is 1. The molecular formula is C15H18N2O2. The molecule has 0 unspecified atom stereocenters. The molecular weight excluding hydrogens is 240 g/mol. The SMILES string of the molecule is N#Cc1ccc(C(=O)NCC2(O)CCCCC2)cc1. The highest BCUT2D eigenvalue weighted by atomic mass is 16.3. The number of carbonyl (C=O) groups excluding carboxylic acids is 1. The van der Waals surface area contributed by atoms with Crippen LogP contribution in [-0.2, 0) is 0 Å². The van der Waals surface area contributed by atoms with Crippen LogP contribution in [0.2, 0.25) is 0 Å². The molecule has 1 aromatic rings. The predicted molar refractivity (Wildman–Crippen MR) is 71.5 cm³/mol. The lowest BCUT2D eigenvalue weighted by molar-refractivity contribution is 0.00526. The van der Waals surface area contributed by atoms with Gasteiger partial charge in [0, 0.05) is 12.1 Å². The Kier molecular flexibility index (Phi) is 4.18. The highest BCUT2D eigenvalue weighted by molar-refractivity contribution is 5.94. The Morgan fingerprint density at radius 2 is 1.89 bits per heavy atom. The van der Waals surface area contributed by atoms with Crippen LogP contribution in [0.15, 0.2) is 24.3 Å². The quantitative estimate of drug-likeness (QED) is 0.870. The van der Waals surface area contributed by atoms with E-state index in [9.17, 15) is 9.90 Å². The van der Waals surface area contributed by atoms with Gasteiger partial charge in [-0.1, -0.05) is 19.3 Å². The summed E-state index contributed by atoms with van der Waals surface area (Å²) in [5.74, 6) is -0.205. The first kappa shape index (κ1) is 13.6. The fraction of sp³-hybridized carbons (Fsp3) is 0.467. The minimum absolute atomic E-state index is 0.205. The van der Waals surface area contributed by atoms with Crippen LogP contribution < -0.4 is 5.32 Å². The molecule has 1 amide bonds. The van der Waals surface area contributed by atoms with Gasteiger partial charge < -0.3 is 10.4 Å². The number of amides is 1. The van der Waals surface area contributed by atoms with Crippen LogP contribution >= 0.6 is 0 Å². The molecule has 100 valence electrons. The van der Waals surface area contributed by atoms with Crippen molar-refractivity contribution in [3.63, 3.8) is 0 Å². The average molecular weight is 258 g/mol. The third kappa shape index (κ3) is 3.55. The molecule has 1 fully saturated rings. The van der Waals surface area contributed by atoms with Gasteiger partial charge in [-0.2, -0.15) is 5.26 Å². The smallest absolute Gasteiger partial charge is 0.251 e. The molecule has 0 bridgehead atoms. The standard InChI is InChI=1S/C15H18N2O2/c16-10-12-4-6-13(7-5-12)14(18)17-11-15(19)8-2-1-3-9-15/h4-7,19H,1-3,8-9,11H2,(H,17,18). The monoisotopic (exact) mass is 258 g/mol. The van der Waals surface area contributed by atoms with Crippen LogP contribution in [0.4, 0.5) is 0 Å². The van der Waals surface area contributed by atoms with E-state index in [1.165, 1.54) is 0 Å². The maximum atomic E-state index is 11.9. The normalized spacial score (nSPS) is 17.5. The summed E-state index contributed by atoms with van der Waals surface area (Å²) in [5.41, 5.74) is 0.293. The van der Waals surface area contributed by atoms with Crippen molar-refractivity contribution in [1.29, 1.82) is 5.26 Å². The van der Waals surface area contributed by atoms with E-state index >= 15 is 0 Å². The van der Waals surface area contributed by atoms with Gasteiger partial charge in [-0.25, -0.2) is 0 Å². The summed E-state index contributed by atoms with van der Waals surface area (Å²) in [5, 5.41) is 21.8. The van der Waals surface area contributed by atoms with Gasteiger partial charge in [-0.3, -0.25) is 4.79 Å². The Labute approximate surface area is 113 Å². The molecule has 2 rings (SSSR count). The second kappa shape index (κ2) is 5.85. The van der Waals surface area contributed by atoms with Gasteiger partial charge in [0.15, 0.2) is 0 Å². The number of rotatable bonds is 3. The first-order valence-corrected chi connectivity index (χ1v) is 6.64. The van der Waals surface area contributed by atoms with Crippen molar-refractivity contribution >= 4 is 5.91 Å². The molecule has 1 aliphatic rings. The van der Waals surface area contributed by atoms with E-state index in [2.05, 4.69) is 5.32 Å². The minimum atomic E-state index is -0.749. The topological polar surface area (TPSA) is 73.1 Å². The number of nitrogens with zero attached hydrogens (tertiary/aromatic N) is 1. The van der Waals surface area contributed by atoms with Gasteiger partial charge in [0.05, 0.1) is 17.2 Å². The predicted octanol–water partition coefficient (Wildman–Crippen LogP) is 1.98. The van der Waals surface area contributed by atoms with Crippen LogP contribution in [0.1, 0.15) is 48.0 Å². The van der Waals surface area contributed by atoms with Gasteiger partial charge in [0.1, 0.15) is 0 Å². The lowest BCUT2D eigenvalue weighted by atomic mass is 9.85. The maximum Gasteiger partial charge on any atom is 0.251 e. The maximum absolute atomic E-state index is 11.9. The van der Waals surface area contributed by atoms with Crippen LogP contribution in [0, 0.1) is 11.3 Å². The van der Waals surface area contributed by atoms with E-state index in [1.807, 2.05) is 6.07 Å². The Bertz CT molecular complexity index is 482. The number of benzene rings is 1. The van der Waals surface area contributed by atoms with Crippen molar-refractivity contribution in [2.75, 3.05) is 6.54 Å². The summed E-state index contributed by atoms with van der Waals surface area (Å²) >= 11 is 0. The van der Waals surface area contributed by atoms with E-state index in [-0.39, 0.29) is 5.91 Å². The lowest BCUT2D eigenvalue weighted by Gasteiger charge is -2.32. The van der Waals surface area contributed by atoms with Crippen molar-refractivity contribution in [1.82, 2.24) is 5.32 Å². The molecule has 0 spiro atoms. The third-order valence-electron chi connectivity index (χ3n) is 3.64. The minimum Gasteiger partial charge on any atom is -0.388 e. The second-order valence-electron chi connectivity index (χ2n) is 5.16. The van der Waals surface area contributed by atoms with Gasteiger partial charge in [-0.15, -0.1) is 0 Å². The number of hydrogen-bond donors (Lipinski definition) is 2. The van der Waals surface area contributed by atoms with Gasteiger partial charge in [-0.05, 0) is 37.1 Å². The molecule has 1 aromatic carbocycles. The van der Waals surface area contributed by atoms with Crippen LogP contribution in [-0.4, -0.2) is 23.2 Å². The van der Waals surface area contributed by atoms with Crippen molar-refractivity contribution in [3.05, 3.63) is 35.4 Å². The van der Waals surface area contributed by atoms with E-state index in [1.54, 1.807) is 24.3 Å². The molecule has 0 aliphatic heterocycles. The molecule has 0 heterocycles. The molecule has 4 nitrogen and oxygen atoms in total. The molecule has 1 saturated carbocycles. The molecule has 0 atom stereocenters. The Morgan fingerprint density at radius 1 is 1.26 bits per heavy atom. The van der Waals surface area contributed by atoms with Crippen LogP contribution in [0.3, 0.4) is 0 Å². The van der Waals surface area contributed by atoms with E-state index in [4.69, 9.17) is 5.26 Å². The first-order valence-electron chi connectivity index (χ1n) is 6.64. The Morgan fingerprint density at radius 3 is 2.47 bits per heavy atom. The van der Waals surface area contributed by atoms with E-state index < -0.39 is 5.60 Å². The summed E-state index contributed by atoms with van der Waals surface area (Å²) in [6, 6.07) is 8.49. The zero-order chi connectivity index (χ0) is 13.7. The van der Waals surface area contributed by atoms with Crippen molar-refractivity contribution in [2.24, 2.45) is 0 Å². The average Bonchev–Trinajstić information content (AvgIpc) is 2.46. The van der Waals surface area contributed by atoms with Crippen molar-refractivity contribution < 1.29 is 9.90 Å². The summed E-state index contributed by atoms with van der Waals surface area (Å²) in [6.07, 6.45) is 4.69. The largest absolute Gasteiger partial charge is 0.388 e. The molecule has 19 heavy (non-hydrogen) atoms. The molecule has 0 aromatic heterocycles. The Hall–Kier alpha value is -1.86.